The molecule has 2 aromatic rings. The molecule has 0 bridgehead atoms. The van der Waals surface area contributed by atoms with Crippen molar-refractivity contribution in [1.29, 1.82) is 0 Å². The molecule has 29 heavy (non-hydrogen) atoms. The van der Waals surface area contributed by atoms with Crippen LogP contribution in [0.2, 0.25) is 0 Å². The quantitative estimate of drug-likeness (QED) is 0.659. The van der Waals surface area contributed by atoms with Gasteiger partial charge >= 0.3 is 0 Å². The summed E-state index contributed by atoms with van der Waals surface area (Å²) >= 11 is 1.56. The van der Waals surface area contributed by atoms with Crippen LogP contribution in [0, 0.1) is 0 Å². The molecular formula is C20H27N3O4S2. The third-order valence-electron chi connectivity index (χ3n) is 4.89. The third kappa shape index (κ3) is 5.34. The molecule has 9 heteroatoms. The first kappa shape index (κ1) is 21.7. The van der Waals surface area contributed by atoms with Crippen LogP contribution in [0.1, 0.15) is 66.5 Å². The minimum Gasteiger partial charge on any atom is -0.495 e. The van der Waals surface area contributed by atoms with E-state index in [-0.39, 0.29) is 34.7 Å². The highest BCUT2D eigenvalue weighted by Crippen LogP contribution is 2.27. The minimum absolute atomic E-state index is 0.0182. The number of carbonyl (C=O) groups excluding carboxylic acids is 1. The van der Waals surface area contributed by atoms with Crippen LogP contribution in [0.15, 0.2) is 28.5 Å². The number of hydrogen-bond acceptors (Lipinski definition) is 6. The van der Waals surface area contributed by atoms with Crippen LogP contribution in [-0.4, -0.2) is 32.5 Å². The average Bonchev–Trinajstić information content (AvgIpc) is 3.37. The predicted octanol–water partition coefficient (Wildman–Crippen LogP) is 3.43. The first-order valence-electron chi connectivity index (χ1n) is 9.73. The van der Waals surface area contributed by atoms with Crippen LogP contribution in [0.5, 0.6) is 5.75 Å². The normalized spacial score (nSPS) is 15.0. The second kappa shape index (κ2) is 9.23. The van der Waals surface area contributed by atoms with Crippen molar-refractivity contribution < 1.29 is 17.9 Å². The Morgan fingerprint density at radius 2 is 2.03 bits per heavy atom. The lowest BCUT2D eigenvalue weighted by atomic mass is 10.2. The number of amides is 1. The van der Waals surface area contributed by atoms with Gasteiger partial charge in [0.25, 0.3) is 5.91 Å². The molecule has 3 rings (SSSR count). The number of sulfonamides is 1. The predicted molar refractivity (Wildman–Crippen MR) is 113 cm³/mol. The lowest BCUT2D eigenvalue weighted by molar-refractivity contribution is 0.0950. The Kier molecular flexibility index (Phi) is 6.92. The molecule has 1 aliphatic carbocycles. The van der Waals surface area contributed by atoms with Crippen molar-refractivity contribution in [3.63, 3.8) is 0 Å². The molecule has 1 aromatic carbocycles. The van der Waals surface area contributed by atoms with Crippen molar-refractivity contribution >= 4 is 27.3 Å². The Morgan fingerprint density at radius 3 is 2.66 bits per heavy atom. The van der Waals surface area contributed by atoms with Gasteiger partial charge in [-0.1, -0.05) is 26.7 Å². The monoisotopic (exact) mass is 437 g/mol. The number of thiazole rings is 1. The number of benzene rings is 1. The summed E-state index contributed by atoms with van der Waals surface area (Å²) in [5.74, 6) is 0.198. The van der Waals surface area contributed by atoms with Gasteiger partial charge in [-0.25, -0.2) is 18.1 Å². The highest BCUT2D eigenvalue weighted by atomic mass is 32.2. The van der Waals surface area contributed by atoms with Crippen LogP contribution < -0.4 is 14.8 Å². The first-order valence-corrected chi connectivity index (χ1v) is 12.1. The molecular weight excluding hydrogens is 410 g/mol. The van der Waals surface area contributed by atoms with Crippen LogP contribution >= 0.6 is 11.3 Å². The van der Waals surface area contributed by atoms with E-state index in [4.69, 9.17) is 4.74 Å². The number of nitrogens with one attached hydrogen (secondary N) is 2. The fourth-order valence-electron chi connectivity index (χ4n) is 3.30. The summed E-state index contributed by atoms with van der Waals surface area (Å²) in [5, 5.41) is 5.75. The molecule has 1 amide bonds. The standard InChI is InChI=1S/C20H27N3O4S2/c1-13(2)20-22-16(12-28-20)11-21-19(24)14-8-9-17(27-3)18(10-14)29(25,26)23-15-6-4-5-7-15/h8-10,12-13,15,23H,4-7,11H2,1-3H3,(H,21,24). The molecule has 0 saturated heterocycles. The van der Waals surface area contributed by atoms with Gasteiger partial charge in [0.2, 0.25) is 10.0 Å². The second-order valence-electron chi connectivity index (χ2n) is 7.48. The van der Waals surface area contributed by atoms with Gasteiger partial charge in [-0.15, -0.1) is 11.3 Å². The lowest BCUT2D eigenvalue weighted by Gasteiger charge is -2.15. The molecule has 0 unspecified atom stereocenters. The Balaban J connectivity index is 1.75. The molecule has 0 aliphatic heterocycles. The van der Waals surface area contributed by atoms with Crippen LogP contribution in [0.4, 0.5) is 0 Å². The summed E-state index contributed by atoms with van der Waals surface area (Å²) in [6, 6.07) is 4.37. The van der Waals surface area contributed by atoms with Crippen molar-refractivity contribution in [2.45, 2.75) is 62.9 Å². The average molecular weight is 438 g/mol. The summed E-state index contributed by atoms with van der Waals surface area (Å²) in [5.41, 5.74) is 1.05. The van der Waals surface area contributed by atoms with Gasteiger partial charge < -0.3 is 10.1 Å². The Labute approximate surface area is 175 Å². The van der Waals surface area contributed by atoms with Gasteiger partial charge in [-0.2, -0.15) is 0 Å². The van der Waals surface area contributed by atoms with Crippen LogP contribution in [0.25, 0.3) is 0 Å². The molecule has 7 nitrogen and oxygen atoms in total. The third-order valence-corrected chi connectivity index (χ3v) is 7.62. The van der Waals surface area contributed by atoms with Crippen molar-refractivity contribution in [2.75, 3.05) is 7.11 Å². The van der Waals surface area contributed by atoms with Gasteiger partial charge in [-0.05, 0) is 31.0 Å². The highest BCUT2D eigenvalue weighted by Gasteiger charge is 2.26. The summed E-state index contributed by atoms with van der Waals surface area (Å²) in [7, 11) is -2.37. The number of carbonyl (C=O) groups is 1. The van der Waals surface area contributed by atoms with Gasteiger partial charge in [0, 0.05) is 22.9 Å². The molecule has 1 saturated carbocycles. The Bertz CT molecular complexity index is 964. The maximum atomic E-state index is 12.9. The molecule has 0 atom stereocenters. The van der Waals surface area contributed by atoms with Crippen molar-refractivity contribution in [3.8, 4) is 5.75 Å². The van der Waals surface area contributed by atoms with Crippen molar-refractivity contribution in [1.82, 2.24) is 15.0 Å². The zero-order chi connectivity index (χ0) is 21.0. The van der Waals surface area contributed by atoms with Crippen LogP contribution in [-0.2, 0) is 16.6 Å². The van der Waals surface area contributed by atoms with E-state index in [2.05, 4.69) is 28.9 Å². The summed E-state index contributed by atoms with van der Waals surface area (Å²) in [6.45, 7) is 4.43. The zero-order valence-electron chi connectivity index (χ0n) is 16.9. The van der Waals surface area contributed by atoms with E-state index in [1.165, 1.54) is 19.2 Å². The molecule has 1 fully saturated rings. The van der Waals surface area contributed by atoms with Crippen LogP contribution in [0.3, 0.4) is 0 Å². The number of methoxy groups -OCH3 is 1. The molecule has 1 aromatic heterocycles. The first-order chi connectivity index (χ1) is 13.8. The van der Waals surface area contributed by atoms with E-state index < -0.39 is 10.0 Å². The minimum atomic E-state index is -3.78. The molecule has 1 aliphatic rings. The van der Waals surface area contributed by atoms with E-state index in [1.54, 1.807) is 17.4 Å². The largest absolute Gasteiger partial charge is 0.495 e. The maximum absolute atomic E-state index is 12.9. The van der Waals surface area contributed by atoms with Crippen molar-refractivity contribution in [3.05, 3.63) is 39.8 Å². The van der Waals surface area contributed by atoms with E-state index in [1.807, 2.05) is 5.38 Å². The fraction of sp³-hybridized carbons (Fsp3) is 0.500. The second-order valence-corrected chi connectivity index (χ2v) is 10.1. The number of ether oxygens (including phenoxy) is 1. The van der Waals surface area contributed by atoms with Gasteiger partial charge in [0.05, 0.1) is 24.4 Å². The fourth-order valence-corrected chi connectivity index (χ4v) is 5.63. The smallest absolute Gasteiger partial charge is 0.251 e. The van der Waals surface area contributed by atoms with E-state index in [9.17, 15) is 13.2 Å². The number of rotatable bonds is 8. The lowest BCUT2D eigenvalue weighted by Crippen LogP contribution is -2.33. The number of aromatic nitrogens is 1. The summed E-state index contributed by atoms with van der Waals surface area (Å²) < 4.78 is 33.7. The molecule has 1 heterocycles. The number of hydrogen-bond donors (Lipinski definition) is 2. The zero-order valence-corrected chi connectivity index (χ0v) is 18.5. The SMILES string of the molecule is COc1ccc(C(=O)NCc2csc(C(C)C)n2)cc1S(=O)(=O)NC1CCCC1. The molecule has 0 spiro atoms. The number of nitrogens with zero attached hydrogens (tertiary/aromatic N) is 1. The Morgan fingerprint density at radius 1 is 1.31 bits per heavy atom. The van der Waals surface area contributed by atoms with Crippen molar-refractivity contribution in [2.24, 2.45) is 0 Å². The van der Waals surface area contributed by atoms with Gasteiger partial charge in [0.1, 0.15) is 10.6 Å². The molecule has 0 radical (unpaired) electrons. The topological polar surface area (TPSA) is 97.4 Å². The highest BCUT2D eigenvalue weighted by molar-refractivity contribution is 7.89. The molecule has 2 N–H and O–H groups in total. The Hall–Kier alpha value is -1.97. The summed E-state index contributed by atoms with van der Waals surface area (Å²) in [4.78, 5) is 17.1. The van der Waals surface area contributed by atoms with E-state index >= 15 is 0 Å². The van der Waals surface area contributed by atoms with E-state index in [0.717, 1.165) is 36.4 Å². The molecule has 158 valence electrons. The maximum Gasteiger partial charge on any atom is 0.251 e. The summed E-state index contributed by atoms with van der Waals surface area (Å²) in [6.07, 6.45) is 3.69. The van der Waals surface area contributed by atoms with E-state index in [0.29, 0.717) is 5.92 Å². The van der Waals surface area contributed by atoms with Gasteiger partial charge in [0.15, 0.2) is 0 Å². The van der Waals surface area contributed by atoms with Gasteiger partial charge in [-0.3, -0.25) is 4.79 Å².